The third-order valence-electron chi connectivity index (χ3n) is 17.8. The van der Waals surface area contributed by atoms with Gasteiger partial charge >= 0.3 is 0 Å². The molecule has 266 valence electrons. The van der Waals surface area contributed by atoms with Gasteiger partial charge in [-0.05, 0) is 189 Å². The van der Waals surface area contributed by atoms with Gasteiger partial charge in [-0.25, -0.2) is 0 Å². The molecule has 0 heterocycles. The van der Waals surface area contributed by atoms with Crippen molar-refractivity contribution < 1.29 is 15.3 Å². The molecule has 1 aromatic rings. The third kappa shape index (κ3) is 4.70. The molecule has 5 fully saturated rings. The van der Waals surface area contributed by atoms with E-state index in [-0.39, 0.29) is 33.9 Å². The van der Waals surface area contributed by atoms with Gasteiger partial charge in [-0.15, -0.1) is 0 Å². The van der Waals surface area contributed by atoms with E-state index in [1.807, 2.05) is 0 Å². The summed E-state index contributed by atoms with van der Waals surface area (Å²) in [5, 5.41) is 33.4. The lowest BCUT2D eigenvalue weighted by molar-refractivity contribution is -0.0690. The predicted molar refractivity (Wildman–Crippen MR) is 196 cm³/mol. The van der Waals surface area contributed by atoms with Crippen LogP contribution in [-0.4, -0.2) is 27.5 Å². The van der Waals surface area contributed by atoms with Gasteiger partial charge in [-0.1, -0.05) is 66.0 Å². The summed E-state index contributed by atoms with van der Waals surface area (Å²) in [6.45, 7) is 15.1. The minimum atomic E-state index is -0.147. The Kier molecular flexibility index (Phi) is 8.35. The normalized spacial score (nSPS) is 46.9. The van der Waals surface area contributed by atoms with E-state index in [1.54, 1.807) is 16.7 Å². The van der Waals surface area contributed by atoms with Crippen LogP contribution in [0.5, 0.6) is 5.75 Å². The summed E-state index contributed by atoms with van der Waals surface area (Å²) in [5.74, 6) is 5.85. The van der Waals surface area contributed by atoms with Crippen molar-refractivity contribution in [3.8, 4) is 5.75 Å². The maximum Gasteiger partial charge on any atom is 0.116 e. The molecular formula is C45H68O3. The zero-order chi connectivity index (χ0) is 33.8. The Morgan fingerprint density at radius 3 is 2.38 bits per heavy atom. The highest BCUT2D eigenvalue weighted by Crippen LogP contribution is 2.73. The fourth-order valence-corrected chi connectivity index (χ4v) is 15.4. The molecule has 0 spiro atoms. The number of aromatic hydroxyl groups is 1. The molecule has 0 unspecified atom stereocenters. The van der Waals surface area contributed by atoms with Crippen LogP contribution in [0.2, 0.25) is 0 Å². The number of aliphatic hydroxyl groups excluding tert-OH is 2. The highest BCUT2D eigenvalue weighted by atomic mass is 16.3. The van der Waals surface area contributed by atoms with Crippen LogP contribution in [-0.2, 0) is 11.8 Å². The van der Waals surface area contributed by atoms with E-state index in [9.17, 15) is 15.3 Å². The first-order valence-electron chi connectivity index (χ1n) is 20.8. The lowest BCUT2D eigenvalue weighted by Gasteiger charge is -2.61. The van der Waals surface area contributed by atoms with E-state index in [0.717, 1.165) is 56.3 Å². The van der Waals surface area contributed by atoms with E-state index in [2.05, 4.69) is 59.8 Å². The van der Waals surface area contributed by atoms with Crippen molar-refractivity contribution in [1.82, 2.24) is 0 Å². The summed E-state index contributed by atoms with van der Waals surface area (Å²) in [4.78, 5) is 0. The van der Waals surface area contributed by atoms with Crippen LogP contribution in [0.25, 0.3) is 0 Å². The van der Waals surface area contributed by atoms with Crippen LogP contribution in [0.4, 0.5) is 0 Å². The second-order valence-electron chi connectivity index (χ2n) is 20.0. The Hall–Kier alpha value is -1.32. The van der Waals surface area contributed by atoms with Gasteiger partial charge in [-0.3, -0.25) is 0 Å². The Morgan fingerprint density at radius 1 is 0.792 bits per heavy atom. The van der Waals surface area contributed by atoms with E-state index in [4.69, 9.17) is 0 Å². The summed E-state index contributed by atoms with van der Waals surface area (Å²) >= 11 is 0. The lowest BCUT2D eigenvalue weighted by atomic mass is 9.43. The fraction of sp³-hybridized carbons (Fsp3) is 0.822. The largest absolute Gasteiger partial charge is 0.508 e. The molecule has 0 aromatic heterocycles. The van der Waals surface area contributed by atoms with Crippen LogP contribution in [0.3, 0.4) is 0 Å². The van der Waals surface area contributed by atoms with Gasteiger partial charge in [0.15, 0.2) is 0 Å². The SMILES string of the molecule is CC(C)CCC[C@@H](C)[C@@]1(c2cc(O)cc3c2[C@H]2CC[C@]4(C)[C@H](O)CC[C@H]4[C@@H]2CC3)CC[C@H]2[C@@H]3CC=C4C[C@@H](O)CC[C@]4(C)[C@H]3CC[C@@]21C. The fourth-order valence-electron chi connectivity index (χ4n) is 15.4. The summed E-state index contributed by atoms with van der Waals surface area (Å²) in [6, 6.07) is 4.49. The highest BCUT2D eigenvalue weighted by molar-refractivity contribution is 5.52. The molecule has 3 heteroatoms. The number of phenols is 1. The molecule has 3 N–H and O–H groups in total. The number of aliphatic hydroxyl groups is 2. The molecular weight excluding hydrogens is 588 g/mol. The average Bonchev–Trinajstić information content (AvgIpc) is 3.53. The molecule has 3 nitrogen and oxygen atoms in total. The smallest absolute Gasteiger partial charge is 0.116 e. The molecule has 0 saturated heterocycles. The number of hydrogen-bond acceptors (Lipinski definition) is 3. The molecule has 0 aliphatic heterocycles. The second-order valence-corrected chi connectivity index (χ2v) is 20.0. The van der Waals surface area contributed by atoms with E-state index in [0.29, 0.717) is 35.3 Å². The van der Waals surface area contributed by atoms with Crippen LogP contribution in [0.1, 0.15) is 167 Å². The number of aryl methyl sites for hydroxylation is 1. The van der Waals surface area contributed by atoms with Gasteiger partial charge < -0.3 is 15.3 Å². The number of benzene rings is 1. The molecule has 48 heavy (non-hydrogen) atoms. The number of phenolic OH excluding ortho intramolecular Hbond substituents is 1. The molecule has 5 saturated carbocycles. The number of hydrogen-bond donors (Lipinski definition) is 3. The minimum absolute atomic E-state index is 0.0773. The predicted octanol–water partition coefficient (Wildman–Crippen LogP) is 10.6. The van der Waals surface area contributed by atoms with Crippen molar-refractivity contribution in [2.24, 2.45) is 57.7 Å². The van der Waals surface area contributed by atoms with Crippen LogP contribution in [0.15, 0.2) is 23.8 Å². The van der Waals surface area contributed by atoms with Crippen molar-refractivity contribution in [3.63, 3.8) is 0 Å². The molecule has 0 bridgehead atoms. The van der Waals surface area contributed by atoms with Gasteiger partial charge in [0.1, 0.15) is 5.75 Å². The van der Waals surface area contributed by atoms with Gasteiger partial charge in [0, 0.05) is 5.41 Å². The average molecular weight is 657 g/mol. The topological polar surface area (TPSA) is 60.7 Å². The summed E-state index contributed by atoms with van der Waals surface area (Å²) < 4.78 is 0. The Morgan fingerprint density at radius 2 is 1.58 bits per heavy atom. The zero-order valence-electron chi connectivity index (χ0n) is 31.4. The monoisotopic (exact) mass is 657 g/mol. The standard InChI is InChI=1S/C45H68O3/c1-27(2)8-7-9-28(3)45(23-19-38-35-13-11-30-25-31(46)16-20-42(30,4)37(35)18-22-44(38,45)6)39-26-32(47)24-29-10-12-33-34(41(29)39)17-21-43(5)36(33)14-15-40(43)48/h11,24,26-28,31,33-38,40,46-48H,7-10,12-23,25H2,1-6H3/t28-,31+,33-,34+,35-,36+,37+,38+,40-,42+,43+,44+,45-/m1/s1. The first-order valence-corrected chi connectivity index (χ1v) is 20.8. The van der Waals surface area contributed by atoms with Crippen molar-refractivity contribution >= 4 is 0 Å². The van der Waals surface area contributed by atoms with Crippen molar-refractivity contribution in [2.45, 2.75) is 174 Å². The van der Waals surface area contributed by atoms with E-state index in [1.165, 1.54) is 76.2 Å². The van der Waals surface area contributed by atoms with Crippen molar-refractivity contribution in [2.75, 3.05) is 0 Å². The number of allylic oxidation sites excluding steroid dienone is 1. The summed E-state index contributed by atoms with van der Waals surface area (Å²) in [5.41, 5.74) is 6.92. The Bertz CT molecular complexity index is 1430. The highest BCUT2D eigenvalue weighted by Gasteiger charge is 2.66. The molecule has 0 amide bonds. The van der Waals surface area contributed by atoms with Gasteiger partial charge in [-0.2, -0.15) is 0 Å². The van der Waals surface area contributed by atoms with Crippen LogP contribution >= 0.6 is 0 Å². The van der Waals surface area contributed by atoms with E-state index >= 15 is 0 Å². The first-order chi connectivity index (χ1) is 22.8. The maximum atomic E-state index is 11.6. The third-order valence-corrected chi connectivity index (χ3v) is 17.8. The van der Waals surface area contributed by atoms with Gasteiger partial charge in [0.05, 0.1) is 12.2 Å². The zero-order valence-corrected chi connectivity index (χ0v) is 31.4. The molecule has 1 aromatic carbocycles. The van der Waals surface area contributed by atoms with Crippen LogP contribution in [0, 0.1) is 57.7 Å². The summed E-state index contributed by atoms with van der Waals surface area (Å²) in [6.07, 6.45) is 22.4. The quantitative estimate of drug-likeness (QED) is 0.267. The second kappa shape index (κ2) is 11.9. The summed E-state index contributed by atoms with van der Waals surface area (Å²) in [7, 11) is 0. The maximum absolute atomic E-state index is 11.6. The van der Waals surface area contributed by atoms with Crippen molar-refractivity contribution in [1.29, 1.82) is 0 Å². The lowest BCUT2D eigenvalue weighted by Crippen LogP contribution is -2.56. The van der Waals surface area contributed by atoms with Crippen LogP contribution < -0.4 is 0 Å². The Labute approximate surface area is 292 Å². The molecule has 7 aliphatic carbocycles. The number of rotatable bonds is 6. The Balaban J connectivity index is 1.23. The number of fused-ring (bicyclic) bond motifs is 10. The molecule has 8 rings (SSSR count). The first kappa shape index (κ1) is 33.8. The van der Waals surface area contributed by atoms with E-state index < -0.39 is 0 Å². The molecule has 0 radical (unpaired) electrons. The minimum Gasteiger partial charge on any atom is -0.508 e. The van der Waals surface area contributed by atoms with Gasteiger partial charge in [0.25, 0.3) is 0 Å². The molecule has 13 atom stereocenters. The van der Waals surface area contributed by atoms with Gasteiger partial charge in [0.2, 0.25) is 0 Å². The molecule has 7 aliphatic rings. The van der Waals surface area contributed by atoms with Crippen molar-refractivity contribution in [3.05, 3.63) is 40.5 Å².